The zero-order chi connectivity index (χ0) is 20.4. The molecule has 0 radical (unpaired) electrons. The zero-order valence-electron chi connectivity index (χ0n) is 16.9. The Morgan fingerprint density at radius 2 is 1.97 bits per heavy atom. The summed E-state index contributed by atoms with van der Waals surface area (Å²) in [6.07, 6.45) is 5.28. The minimum atomic E-state index is -0.0526. The predicted octanol–water partition coefficient (Wildman–Crippen LogP) is 3.24. The first-order valence-electron chi connectivity index (χ1n) is 10.4. The third-order valence-corrected chi connectivity index (χ3v) is 6.57. The lowest BCUT2D eigenvalue weighted by molar-refractivity contribution is -0.119. The first-order chi connectivity index (χ1) is 14.1. The van der Waals surface area contributed by atoms with Crippen molar-refractivity contribution in [1.82, 2.24) is 24.5 Å². The van der Waals surface area contributed by atoms with E-state index in [-0.39, 0.29) is 23.3 Å². The van der Waals surface area contributed by atoms with E-state index in [0.29, 0.717) is 22.9 Å². The van der Waals surface area contributed by atoms with Crippen LogP contribution in [0.3, 0.4) is 0 Å². The van der Waals surface area contributed by atoms with Crippen LogP contribution in [0, 0.1) is 5.92 Å². The van der Waals surface area contributed by atoms with Crippen LogP contribution in [0.1, 0.15) is 46.0 Å². The molecule has 7 nitrogen and oxygen atoms in total. The lowest BCUT2D eigenvalue weighted by Crippen LogP contribution is -2.38. The lowest BCUT2D eigenvalue weighted by atomic mass is 9.87. The van der Waals surface area contributed by atoms with E-state index in [1.54, 1.807) is 4.57 Å². The van der Waals surface area contributed by atoms with E-state index in [0.717, 1.165) is 30.7 Å². The number of amides is 1. The van der Waals surface area contributed by atoms with Gasteiger partial charge in [0, 0.05) is 12.6 Å². The van der Waals surface area contributed by atoms with Gasteiger partial charge in [-0.05, 0) is 50.2 Å². The molecule has 0 unspecified atom stereocenters. The molecule has 29 heavy (non-hydrogen) atoms. The second-order valence-electron chi connectivity index (χ2n) is 7.90. The molecule has 1 amide bonds. The Morgan fingerprint density at radius 1 is 1.21 bits per heavy atom. The molecule has 0 spiro atoms. The summed E-state index contributed by atoms with van der Waals surface area (Å²) in [5, 5.41) is 13.0. The summed E-state index contributed by atoms with van der Waals surface area (Å²) < 4.78 is 3.56. The summed E-state index contributed by atoms with van der Waals surface area (Å²) in [5.74, 6) is 1.60. The van der Waals surface area contributed by atoms with Gasteiger partial charge in [0.2, 0.25) is 11.7 Å². The van der Waals surface area contributed by atoms with Gasteiger partial charge < -0.3 is 5.32 Å². The maximum Gasteiger partial charge on any atom is 0.262 e. The van der Waals surface area contributed by atoms with Gasteiger partial charge in [0.1, 0.15) is 0 Å². The highest BCUT2D eigenvalue weighted by molar-refractivity contribution is 7.99. The number of hydrogen-bond acceptors (Lipinski definition) is 5. The molecule has 0 atom stereocenters. The van der Waals surface area contributed by atoms with Gasteiger partial charge >= 0.3 is 0 Å². The summed E-state index contributed by atoms with van der Waals surface area (Å²) >= 11 is 1.36. The highest BCUT2D eigenvalue weighted by Crippen LogP contribution is 2.24. The number of nitrogens with zero attached hydrogens (tertiary/aromatic N) is 4. The summed E-state index contributed by atoms with van der Waals surface area (Å²) in [6.45, 7) is 4.88. The van der Waals surface area contributed by atoms with Gasteiger partial charge in [-0.25, -0.2) is 0 Å². The Kier molecular flexibility index (Phi) is 5.89. The highest BCUT2D eigenvalue weighted by atomic mass is 32.2. The molecule has 1 fully saturated rings. The predicted molar refractivity (Wildman–Crippen MR) is 115 cm³/mol. The smallest absolute Gasteiger partial charge is 0.262 e. The Labute approximate surface area is 173 Å². The number of aryl methyl sites for hydroxylation is 1. The fraction of sp³-hybridized carbons (Fsp3) is 0.524. The molecular formula is C21H27N5O2S. The number of benzene rings is 1. The number of thioether (sulfide) groups is 1. The molecular weight excluding hydrogens is 386 g/mol. The number of hydrogen-bond donors (Lipinski definition) is 1. The fourth-order valence-corrected chi connectivity index (χ4v) is 4.81. The molecule has 1 saturated carbocycles. The molecule has 1 N–H and O–H groups in total. The van der Waals surface area contributed by atoms with Crippen molar-refractivity contribution in [2.75, 3.05) is 5.75 Å². The number of carbonyl (C=O) groups is 1. The monoisotopic (exact) mass is 413 g/mol. The third-order valence-electron chi connectivity index (χ3n) is 5.64. The maximum absolute atomic E-state index is 12.9. The normalized spacial score (nSPS) is 19.7. The van der Waals surface area contributed by atoms with Crippen molar-refractivity contribution in [3.05, 3.63) is 34.6 Å². The number of aromatic nitrogens is 4. The van der Waals surface area contributed by atoms with Crippen LogP contribution in [-0.4, -0.2) is 36.9 Å². The van der Waals surface area contributed by atoms with Crippen LogP contribution in [0.25, 0.3) is 16.7 Å². The standard InChI is InChI=1S/C21H27N5O2S/c1-3-12-25-19(28)16-6-4-5-7-17(16)26-20(25)23-24-21(26)29-13-18(27)22-15-10-8-14(2)9-11-15/h4-7,14-15H,3,8-13H2,1-2H3,(H,22,27). The van der Waals surface area contributed by atoms with Crippen LogP contribution in [0.15, 0.2) is 34.2 Å². The second kappa shape index (κ2) is 8.57. The Hall–Kier alpha value is -2.35. The average molecular weight is 414 g/mol. The van der Waals surface area contributed by atoms with Crippen LogP contribution in [0.5, 0.6) is 0 Å². The summed E-state index contributed by atoms with van der Waals surface area (Å²) in [6, 6.07) is 7.77. The SMILES string of the molecule is CCCn1c(=O)c2ccccc2n2c(SCC(=O)NC3CCC(C)CC3)nnc12. The van der Waals surface area contributed by atoms with E-state index in [9.17, 15) is 9.59 Å². The largest absolute Gasteiger partial charge is 0.353 e. The van der Waals surface area contributed by atoms with Crippen molar-refractivity contribution in [1.29, 1.82) is 0 Å². The van der Waals surface area contributed by atoms with Gasteiger partial charge in [0.15, 0.2) is 5.16 Å². The van der Waals surface area contributed by atoms with Gasteiger partial charge in [-0.2, -0.15) is 0 Å². The van der Waals surface area contributed by atoms with Crippen LogP contribution in [-0.2, 0) is 11.3 Å². The fourth-order valence-electron chi connectivity index (χ4n) is 4.06. The van der Waals surface area contributed by atoms with Crippen molar-refractivity contribution < 1.29 is 4.79 Å². The third kappa shape index (κ3) is 4.03. The van der Waals surface area contributed by atoms with Crippen molar-refractivity contribution in [3.8, 4) is 0 Å². The number of rotatable bonds is 6. The van der Waals surface area contributed by atoms with Crippen LogP contribution >= 0.6 is 11.8 Å². The minimum absolute atomic E-state index is 0.0255. The van der Waals surface area contributed by atoms with E-state index in [4.69, 9.17) is 0 Å². The number of fused-ring (bicyclic) bond motifs is 3. The molecule has 1 aliphatic rings. The maximum atomic E-state index is 12.9. The molecule has 0 saturated heterocycles. The Morgan fingerprint density at radius 3 is 2.72 bits per heavy atom. The van der Waals surface area contributed by atoms with E-state index in [2.05, 4.69) is 22.4 Å². The van der Waals surface area contributed by atoms with E-state index >= 15 is 0 Å². The molecule has 1 aliphatic carbocycles. The van der Waals surface area contributed by atoms with Crippen molar-refractivity contribution >= 4 is 34.3 Å². The van der Waals surface area contributed by atoms with Crippen molar-refractivity contribution in [2.24, 2.45) is 5.92 Å². The molecule has 0 bridgehead atoms. The molecule has 0 aliphatic heterocycles. The summed E-state index contributed by atoms with van der Waals surface area (Å²) in [4.78, 5) is 25.3. The topological polar surface area (TPSA) is 81.3 Å². The zero-order valence-corrected chi connectivity index (χ0v) is 17.7. The van der Waals surface area contributed by atoms with Gasteiger partial charge in [-0.1, -0.05) is 37.7 Å². The number of nitrogens with one attached hydrogen (secondary N) is 1. The summed E-state index contributed by atoms with van der Waals surface area (Å²) in [5.41, 5.74) is 0.720. The van der Waals surface area contributed by atoms with Gasteiger partial charge in [-0.15, -0.1) is 10.2 Å². The second-order valence-corrected chi connectivity index (χ2v) is 8.85. The Bertz CT molecular complexity index is 1080. The van der Waals surface area contributed by atoms with E-state index in [1.807, 2.05) is 35.6 Å². The van der Waals surface area contributed by atoms with Crippen LogP contribution in [0.4, 0.5) is 0 Å². The number of carbonyl (C=O) groups excluding carboxylic acids is 1. The molecule has 8 heteroatoms. The van der Waals surface area contributed by atoms with Gasteiger partial charge in [0.05, 0.1) is 16.7 Å². The Balaban J connectivity index is 1.58. The van der Waals surface area contributed by atoms with E-state index < -0.39 is 0 Å². The molecule has 1 aromatic carbocycles. The van der Waals surface area contributed by atoms with Gasteiger partial charge in [0.25, 0.3) is 5.56 Å². The van der Waals surface area contributed by atoms with Crippen LogP contribution < -0.4 is 10.9 Å². The molecule has 2 heterocycles. The number of para-hydroxylation sites is 1. The molecule has 2 aromatic heterocycles. The molecule has 154 valence electrons. The first kappa shape index (κ1) is 19.9. The molecule has 3 aromatic rings. The lowest BCUT2D eigenvalue weighted by Gasteiger charge is -2.26. The van der Waals surface area contributed by atoms with Crippen molar-refractivity contribution in [2.45, 2.75) is 63.7 Å². The summed E-state index contributed by atoms with van der Waals surface area (Å²) in [7, 11) is 0. The van der Waals surface area contributed by atoms with Gasteiger partial charge in [-0.3, -0.25) is 18.6 Å². The van der Waals surface area contributed by atoms with Crippen LogP contribution in [0.2, 0.25) is 0 Å². The minimum Gasteiger partial charge on any atom is -0.353 e. The molecule has 4 rings (SSSR count). The quantitative estimate of drug-likeness (QED) is 0.628. The highest BCUT2D eigenvalue weighted by Gasteiger charge is 2.21. The van der Waals surface area contributed by atoms with Crippen molar-refractivity contribution in [3.63, 3.8) is 0 Å². The van der Waals surface area contributed by atoms with E-state index in [1.165, 1.54) is 24.6 Å². The first-order valence-corrected chi connectivity index (χ1v) is 11.4. The average Bonchev–Trinajstić information content (AvgIpc) is 3.15.